The van der Waals surface area contributed by atoms with E-state index in [2.05, 4.69) is 15.5 Å². The van der Waals surface area contributed by atoms with Gasteiger partial charge < -0.3 is 19.5 Å². The van der Waals surface area contributed by atoms with Gasteiger partial charge in [0, 0.05) is 18.3 Å². The lowest BCUT2D eigenvalue weighted by Gasteiger charge is -2.19. The molecule has 6 nitrogen and oxygen atoms in total. The number of thiocarbonyl (C=S) groups is 1. The van der Waals surface area contributed by atoms with E-state index in [0.717, 1.165) is 11.3 Å². The molecule has 1 N–H and O–H groups in total. The summed E-state index contributed by atoms with van der Waals surface area (Å²) in [7, 11) is 3.40. The van der Waals surface area contributed by atoms with E-state index < -0.39 is 0 Å². The van der Waals surface area contributed by atoms with Crippen molar-refractivity contribution in [2.24, 2.45) is 0 Å². The maximum absolute atomic E-state index is 13.0. The van der Waals surface area contributed by atoms with Gasteiger partial charge in [0.1, 0.15) is 11.6 Å². The van der Waals surface area contributed by atoms with Crippen molar-refractivity contribution >= 4 is 23.0 Å². The van der Waals surface area contributed by atoms with Gasteiger partial charge in [-0.3, -0.25) is 0 Å². The molecule has 0 amide bonds. The minimum Gasteiger partial charge on any atom is -0.497 e. The summed E-state index contributed by atoms with van der Waals surface area (Å²) in [5, 5.41) is 7.48. The SMILES string of the molecule is COc1cccc(-c2noc(CN(C)C(=S)Nc3ccc(F)cc3)n2)c1. The molecule has 0 saturated carbocycles. The summed E-state index contributed by atoms with van der Waals surface area (Å²) < 4.78 is 23.5. The fraction of sp³-hybridized carbons (Fsp3) is 0.167. The van der Waals surface area contributed by atoms with Crippen LogP contribution in [0.25, 0.3) is 11.4 Å². The van der Waals surface area contributed by atoms with Crippen molar-refractivity contribution in [2.45, 2.75) is 6.54 Å². The number of ether oxygens (including phenoxy) is 1. The van der Waals surface area contributed by atoms with Crippen molar-refractivity contribution in [3.63, 3.8) is 0 Å². The first-order valence-corrected chi connectivity index (χ1v) is 8.20. The Labute approximate surface area is 155 Å². The van der Waals surface area contributed by atoms with E-state index in [9.17, 15) is 4.39 Å². The predicted molar refractivity (Wildman–Crippen MR) is 100 cm³/mol. The van der Waals surface area contributed by atoms with Gasteiger partial charge in [-0.25, -0.2) is 4.39 Å². The van der Waals surface area contributed by atoms with Crippen LogP contribution in [-0.4, -0.2) is 34.3 Å². The molecule has 0 radical (unpaired) electrons. The molecule has 0 saturated heterocycles. The van der Waals surface area contributed by atoms with Crippen molar-refractivity contribution in [1.29, 1.82) is 0 Å². The van der Waals surface area contributed by atoms with Crippen LogP contribution in [0.2, 0.25) is 0 Å². The molecule has 0 bridgehead atoms. The number of rotatable bonds is 5. The monoisotopic (exact) mass is 372 g/mol. The second-order valence-corrected chi connectivity index (χ2v) is 5.92. The van der Waals surface area contributed by atoms with Gasteiger partial charge in [-0.1, -0.05) is 17.3 Å². The summed E-state index contributed by atoms with van der Waals surface area (Å²) in [6, 6.07) is 13.4. The molecule has 26 heavy (non-hydrogen) atoms. The predicted octanol–water partition coefficient (Wildman–Crippen LogP) is 3.71. The molecule has 0 fully saturated rings. The molecule has 1 aromatic heterocycles. The average Bonchev–Trinajstić information content (AvgIpc) is 3.12. The second-order valence-electron chi connectivity index (χ2n) is 5.54. The smallest absolute Gasteiger partial charge is 0.246 e. The fourth-order valence-corrected chi connectivity index (χ4v) is 2.41. The van der Waals surface area contributed by atoms with E-state index in [1.165, 1.54) is 12.1 Å². The largest absolute Gasteiger partial charge is 0.497 e. The van der Waals surface area contributed by atoms with Gasteiger partial charge in [0.2, 0.25) is 11.7 Å². The van der Waals surface area contributed by atoms with E-state index in [-0.39, 0.29) is 5.82 Å². The van der Waals surface area contributed by atoms with Crippen LogP contribution < -0.4 is 10.1 Å². The molecular formula is C18H17FN4O2S. The van der Waals surface area contributed by atoms with Crippen LogP contribution in [0.5, 0.6) is 5.75 Å². The van der Waals surface area contributed by atoms with Crippen molar-refractivity contribution in [3.8, 4) is 17.1 Å². The number of nitrogens with one attached hydrogen (secondary N) is 1. The van der Waals surface area contributed by atoms with Crippen LogP contribution in [0.15, 0.2) is 53.1 Å². The molecule has 0 aliphatic heterocycles. The number of benzene rings is 2. The van der Waals surface area contributed by atoms with Crippen molar-refractivity contribution in [3.05, 3.63) is 60.2 Å². The van der Waals surface area contributed by atoms with Crippen LogP contribution in [0.3, 0.4) is 0 Å². The Morgan fingerprint density at radius 1 is 1.27 bits per heavy atom. The standard InChI is InChI=1S/C18H17FN4O2S/c1-23(18(26)20-14-8-6-13(19)7-9-14)11-16-21-17(22-25-16)12-4-3-5-15(10-12)24-2/h3-10H,11H2,1-2H3,(H,20,26). The van der Waals surface area contributed by atoms with Crippen LogP contribution in [0.4, 0.5) is 10.1 Å². The van der Waals surface area contributed by atoms with E-state index in [4.69, 9.17) is 21.5 Å². The third kappa shape index (κ3) is 4.34. The Hall–Kier alpha value is -3.00. The molecule has 0 aliphatic carbocycles. The minimum absolute atomic E-state index is 0.300. The normalized spacial score (nSPS) is 10.4. The number of methoxy groups -OCH3 is 1. The molecule has 3 rings (SSSR count). The second kappa shape index (κ2) is 7.92. The van der Waals surface area contributed by atoms with E-state index in [0.29, 0.717) is 29.1 Å². The lowest BCUT2D eigenvalue weighted by atomic mass is 10.2. The fourth-order valence-electron chi connectivity index (χ4n) is 2.23. The van der Waals surface area contributed by atoms with E-state index in [1.54, 1.807) is 31.2 Å². The molecule has 1 heterocycles. The molecule has 0 spiro atoms. The Balaban J connectivity index is 1.64. The summed E-state index contributed by atoms with van der Waals surface area (Å²) in [5.41, 5.74) is 1.50. The summed E-state index contributed by atoms with van der Waals surface area (Å²) in [6.07, 6.45) is 0. The quantitative estimate of drug-likeness (QED) is 0.685. The molecule has 134 valence electrons. The molecule has 0 aliphatic rings. The third-order valence-electron chi connectivity index (χ3n) is 3.61. The highest BCUT2D eigenvalue weighted by atomic mass is 32.1. The zero-order chi connectivity index (χ0) is 18.5. The third-order valence-corrected chi connectivity index (χ3v) is 4.02. The Bertz CT molecular complexity index is 898. The van der Waals surface area contributed by atoms with Gasteiger partial charge in [-0.05, 0) is 48.6 Å². The molecule has 0 unspecified atom stereocenters. The highest BCUT2D eigenvalue weighted by Crippen LogP contribution is 2.21. The number of halogens is 1. The highest BCUT2D eigenvalue weighted by Gasteiger charge is 2.13. The van der Waals surface area contributed by atoms with Gasteiger partial charge in [0.25, 0.3) is 0 Å². The molecule has 0 atom stereocenters. The van der Waals surface area contributed by atoms with Gasteiger partial charge in [0.05, 0.1) is 13.7 Å². The van der Waals surface area contributed by atoms with Gasteiger partial charge >= 0.3 is 0 Å². The minimum atomic E-state index is -0.300. The van der Waals surface area contributed by atoms with Crippen LogP contribution in [0, 0.1) is 5.82 Å². The Kier molecular flexibility index (Phi) is 5.43. The van der Waals surface area contributed by atoms with Crippen LogP contribution >= 0.6 is 12.2 Å². The van der Waals surface area contributed by atoms with E-state index >= 15 is 0 Å². The number of aromatic nitrogens is 2. The first kappa shape index (κ1) is 17.8. The first-order chi connectivity index (χ1) is 12.5. The molecule has 8 heteroatoms. The van der Waals surface area contributed by atoms with Gasteiger partial charge in [0.15, 0.2) is 5.11 Å². The summed E-state index contributed by atoms with van der Waals surface area (Å²) in [6.45, 7) is 0.337. The summed E-state index contributed by atoms with van der Waals surface area (Å²) >= 11 is 5.34. The number of hydrogen-bond acceptors (Lipinski definition) is 5. The van der Waals surface area contributed by atoms with Gasteiger partial charge in [-0.2, -0.15) is 4.98 Å². The number of nitrogens with zero attached hydrogens (tertiary/aromatic N) is 3. The molecule has 2 aromatic carbocycles. The maximum atomic E-state index is 13.0. The number of anilines is 1. The average molecular weight is 372 g/mol. The first-order valence-electron chi connectivity index (χ1n) is 7.80. The summed E-state index contributed by atoms with van der Waals surface area (Å²) in [5.74, 6) is 1.32. The molecular weight excluding hydrogens is 355 g/mol. The summed E-state index contributed by atoms with van der Waals surface area (Å²) in [4.78, 5) is 6.14. The van der Waals surface area contributed by atoms with Crippen molar-refractivity contribution < 1.29 is 13.7 Å². The Morgan fingerprint density at radius 2 is 2.04 bits per heavy atom. The van der Waals surface area contributed by atoms with Crippen molar-refractivity contribution in [1.82, 2.24) is 15.0 Å². The van der Waals surface area contributed by atoms with Crippen molar-refractivity contribution in [2.75, 3.05) is 19.5 Å². The number of hydrogen-bond donors (Lipinski definition) is 1. The van der Waals surface area contributed by atoms with E-state index in [1.807, 2.05) is 24.3 Å². The zero-order valence-electron chi connectivity index (χ0n) is 14.3. The van der Waals surface area contributed by atoms with Gasteiger partial charge in [-0.15, -0.1) is 0 Å². The topological polar surface area (TPSA) is 63.4 Å². The molecule has 3 aromatic rings. The van der Waals surface area contributed by atoms with Crippen LogP contribution in [-0.2, 0) is 6.54 Å². The Morgan fingerprint density at radius 3 is 2.77 bits per heavy atom. The lowest BCUT2D eigenvalue weighted by Crippen LogP contribution is -2.30. The highest BCUT2D eigenvalue weighted by molar-refractivity contribution is 7.80. The lowest BCUT2D eigenvalue weighted by molar-refractivity contribution is 0.336. The zero-order valence-corrected chi connectivity index (χ0v) is 15.1. The maximum Gasteiger partial charge on any atom is 0.246 e. The van der Waals surface area contributed by atoms with Crippen LogP contribution in [0.1, 0.15) is 5.89 Å².